The number of benzene rings is 2. The van der Waals surface area contributed by atoms with Gasteiger partial charge < -0.3 is 0 Å². The van der Waals surface area contributed by atoms with Crippen molar-refractivity contribution < 1.29 is 4.39 Å². The van der Waals surface area contributed by atoms with Crippen LogP contribution in [0.2, 0.25) is 0 Å². The fourth-order valence-electron chi connectivity index (χ4n) is 4.61. The maximum absolute atomic E-state index is 14.5. The zero-order valence-electron chi connectivity index (χ0n) is 19.2. The van der Waals surface area contributed by atoms with Crippen LogP contribution < -0.4 is 0 Å². The molecule has 166 valence electrons. The number of unbranched alkanes of at least 4 members (excludes halogenated alkanes) is 2. The number of allylic oxidation sites excluding steroid dienone is 1. The molecule has 0 unspecified atom stereocenters. The molecule has 1 saturated carbocycles. The van der Waals surface area contributed by atoms with Crippen LogP contribution in [0.3, 0.4) is 0 Å². The number of nitrogens with zero attached hydrogens (tertiary/aromatic N) is 1. The van der Waals surface area contributed by atoms with Gasteiger partial charge in [-0.05, 0) is 92.1 Å². The molecular formula is C29H32FNS. The van der Waals surface area contributed by atoms with E-state index >= 15 is 0 Å². The highest BCUT2D eigenvalue weighted by molar-refractivity contribution is 7.78. The first-order valence-electron chi connectivity index (χ1n) is 11.7. The molecule has 0 atom stereocenters. The first-order chi connectivity index (χ1) is 15.5. The van der Waals surface area contributed by atoms with Crippen LogP contribution in [-0.2, 0) is 0 Å². The van der Waals surface area contributed by atoms with Crippen molar-refractivity contribution in [3.8, 4) is 11.8 Å². The second kappa shape index (κ2) is 11.9. The van der Waals surface area contributed by atoms with Gasteiger partial charge in [0.25, 0.3) is 0 Å². The van der Waals surface area contributed by atoms with E-state index in [2.05, 4.69) is 72.0 Å². The van der Waals surface area contributed by atoms with Gasteiger partial charge in [-0.2, -0.15) is 4.99 Å². The molecule has 0 N–H and O–H groups in total. The van der Waals surface area contributed by atoms with Gasteiger partial charge in [0.1, 0.15) is 5.69 Å². The van der Waals surface area contributed by atoms with E-state index in [4.69, 9.17) is 0 Å². The lowest BCUT2D eigenvalue weighted by Crippen LogP contribution is -2.13. The molecule has 0 heterocycles. The smallest absolute Gasteiger partial charge is 0.151 e. The minimum Gasteiger partial charge on any atom is -0.205 e. The van der Waals surface area contributed by atoms with E-state index in [1.165, 1.54) is 63.0 Å². The molecule has 0 saturated heterocycles. The van der Waals surface area contributed by atoms with Crippen LogP contribution in [-0.4, -0.2) is 5.16 Å². The van der Waals surface area contributed by atoms with Gasteiger partial charge in [0.05, 0.1) is 5.16 Å². The van der Waals surface area contributed by atoms with Crippen molar-refractivity contribution in [2.75, 3.05) is 0 Å². The summed E-state index contributed by atoms with van der Waals surface area (Å²) in [5.74, 6) is 7.36. The molecule has 0 radical (unpaired) electrons. The Morgan fingerprint density at radius 1 is 1.06 bits per heavy atom. The van der Waals surface area contributed by atoms with E-state index in [0.29, 0.717) is 22.6 Å². The summed E-state index contributed by atoms with van der Waals surface area (Å²) in [6, 6.07) is 11.8. The molecule has 0 bridgehead atoms. The van der Waals surface area contributed by atoms with Crippen LogP contribution in [0.15, 0.2) is 48.0 Å². The number of hydrogen-bond acceptors (Lipinski definition) is 2. The van der Waals surface area contributed by atoms with E-state index < -0.39 is 5.82 Å². The Labute approximate surface area is 197 Å². The molecule has 2 aromatic rings. The second-order valence-corrected chi connectivity index (χ2v) is 9.11. The fourth-order valence-corrected chi connectivity index (χ4v) is 4.70. The van der Waals surface area contributed by atoms with E-state index in [-0.39, 0.29) is 5.69 Å². The van der Waals surface area contributed by atoms with Gasteiger partial charge in [0.15, 0.2) is 5.82 Å². The molecule has 1 aliphatic rings. The number of halogens is 1. The van der Waals surface area contributed by atoms with Crippen LogP contribution in [0, 0.1) is 23.6 Å². The van der Waals surface area contributed by atoms with E-state index in [1.54, 1.807) is 6.07 Å². The van der Waals surface area contributed by atoms with Crippen molar-refractivity contribution in [2.45, 2.75) is 71.1 Å². The van der Waals surface area contributed by atoms with E-state index in [0.717, 1.165) is 11.5 Å². The van der Waals surface area contributed by atoms with Crippen molar-refractivity contribution in [2.24, 2.45) is 10.9 Å². The summed E-state index contributed by atoms with van der Waals surface area (Å²) in [5.41, 5.74) is 4.42. The largest absolute Gasteiger partial charge is 0.205 e. The zero-order valence-corrected chi connectivity index (χ0v) is 20.0. The summed E-state index contributed by atoms with van der Waals surface area (Å²) in [6.45, 7) is 7.99. The number of isothiocyanates is 1. The van der Waals surface area contributed by atoms with Crippen molar-refractivity contribution in [3.63, 3.8) is 0 Å². The van der Waals surface area contributed by atoms with Gasteiger partial charge in [-0.1, -0.05) is 63.2 Å². The zero-order chi connectivity index (χ0) is 22.9. The third-order valence-electron chi connectivity index (χ3n) is 6.48. The van der Waals surface area contributed by atoms with Crippen LogP contribution >= 0.6 is 12.2 Å². The van der Waals surface area contributed by atoms with Gasteiger partial charge in [0.2, 0.25) is 0 Å². The number of hydrogen-bond donors (Lipinski definition) is 0. The Balaban J connectivity index is 1.66. The SMILES string of the molecule is C=C(C)c1cc(C#Cc2ccc(C3CCC(CCCCC)CC3)cc2)cc(F)c1N=C=S. The lowest BCUT2D eigenvalue weighted by molar-refractivity contribution is 0.303. The van der Waals surface area contributed by atoms with Crippen molar-refractivity contribution in [1.82, 2.24) is 0 Å². The molecule has 1 aliphatic carbocycles. The van der Waals surface area contributed by atoms with Crippen LogP contribution in [0.4, 0.5) is 10.1 Å². The standard InChI is InChI=1S/C29H32FNS/c1-4-5-6-7-22-10-14-25(15-11-22)26-16-12-23(13-17-26)8-9-24-18-27(21(2)3)29(31-20-32)28(30)19-24/h12-13,16-19,22,25H,2,4-7,10-11,14-15H2,1,3H3. The molecule has 3 heteroatoms. The number of aliphatic imine (C=N–C) groups is 1. The van der Waals surface area contributed by atoms with Crippen molar-refractivity contribution >= 4 is 28.6 Å². The predicted octanol–water partition coefficient (Wildman–Crippen LogP) is 8.85. The highest BCUT2D eigenvalue weighted by Crippen LogP contribution is 2.37. The highest BCUT2D eigenvalue weighted by atomic mass is 32.1. The third kappa shape index (κ3) is 6.49. The molecular weight excluding hydrogens is 413 g/mol. The lowest BCUT2D eigenvalue weighted by atomic mass is 9.77. The minimum atomic E-state index is -0.465. The van der Waals surface area contributed by atoms with Crippen molar-refractivity contribution in [1.29, 1.82) is 0 Å². The molecule has 0 amide bonds. The summed E-state index contributed by atoms with van der Waals surface area (Å²) in [6.07, 6.45) is 10.8. The van der Waals surface area contributed by atoms with Gasteiger partial charge in [0, 0.05) is 16.7 Å². The van der Waals surface area contributed by atoms with Crippen LogP contribution in [0.5, 0.6) is 0 Å². The molecule has 0 aliphatic heterocycles. The molecule has 1 nitrogen and oxygen atoms in total. The first-order valence-corrected chi connectivity index (χ1v) is 12.1. The predicted molar refractivity (Wildman–Crippen MR) is 137 cm³/mol. The quantitative estimate of drug-likeness (QED) is 0.179. The summed E-state index contributed by atoms with van der Waals surface area (Å²) < 4.78 is 14.5. The number of thiocarbonyl (C=S) groups is 1. The average molecular weight is 446 g/mol. The lowest BCUT2D eigenvalue weighted by Gasteiger charge is -2.29. The van der Waals surface area contributed by atoms with Gasteiger partial charge in [-0.15, -0.1) is 0 Å². The maximum atomic E-state index is 14.5. The third-order valence-corrected chi connectivity index (χ3v) is 6.57. The normalized spacial score (nSPS) is 17.7. The second-order valence-electron chi connectivity index (χ2n) is 8.92. The Morgan fingerprint density at radius 3 is 2.38 bits per heavy atom. The Bertz CT molecular complexity index is 1040. The minimum absolute atomic E-state index is 0.169. The monoisotopic (exact) mass is 445 g/mol. The van der Waals surface area contributed by atoms with E-state index in [1.807, 2.05) is 6.92 Å². The molecule has 0 aromatic heterocycles. The van der Waals surface area contributed by atoms with Crippen LogP contribution in [0.1, 0.15) is 93.4 Å². The van der Waals surface area contributed by atoms with E-state index in [9.17, 15) is 4.39 Å². The molecule has 32 heavy (non-hydrogen) atoms. The summed E-state index contributed by atoms with van der Waals surface area (Å²) in [5, 5.41) is 2.23. The Hall–Kier alpha value is -2.53. The maximum Gasteiger partial charge on any atom is 0.151 e. The first kappa shape index (κ1) is 24.1. The fraction of sp³-hybridized carbons (Fsp3) is 0.414. The highest BCUT2D eigenvalue weighted by Gasteiger charge is 2.21. The summed E-state index contributed by atoms with van der Waals surface area (Å²) >= 11 is 4.63. The Morgan fingerprint density at radius 2 is 1.75 bits per heavy atom. The topological polar surface area (TPSA) is 12.4 Å². The van der Waals surface area contributed by atoms with Gasteiger partial charge in [-0.3, -0.25) is 0 Å². The molecule has 3 rings (SSSR count). The van der Waals surface area contributed by atoms with Crippen LogP contribution in [0.25, 0.3) is 5.57 Å². The molecule has 0 spiro atoms. The molecule has 2 aromatic carbocycles. The Kier molecular flexibility index (Phi) is 8.98. The van der Waals surface area contributed by atoms with Crippen molar-refractivity contribution in [3.05, 3.63) is 71.0 Å². The van der Waals surface area contributed by atoms with Gasteiger partial charge in [-0.25, -0.2) is 4.39 Å². The summed E-state index contributed by atoms with van der Waals surface area (Å²) in [4.78, 5) is 3.84. The molecule has 1 fully saturated rings. The number of rotatable bonds is 7. The van der Waals surface area contributed by atoms with Gasteiger partial charge >= 0.3 is 0 Å². The summed E-state index contributed by atoms with van der Waals surface area (Å²) in [7, 11) is 0. The average Bonchev–Trinajstić information content (AvgIpc) is 2.80.